The summed E-state index contributed by atoms with van der Waals surface area (Å²) in [5.41, 5.74) is 1.76. The first kappa shape index (κ1) is 15.4. The van der Waals surface area contributed by atoms with Gasteiger partial charge in [0.1, 0.15) is 0 Å². The van der Waals surface area contributed by atoms with Crippen LogP contribution in [0.1, 0.15) is 35.3 Å². The average molecular weight is 333 g/mol. The fourth-order valence-electron chi connectivity index (χ4n) is 3.12. The number of fused-ring (bicyclic) bond motifs is 1. The van der Waals surface area contributed by atoms with E-state index in [-0.39, 0.29) is 18.0 Å². The summed E-state index contributed by atoms with van der Waals surface area (Å²) in [5.74, 6) is 0.773. The Labute approximate surface area is 145 Å². The number of nitrogens with one attached hydrogen (secondary N) is 2. The lowest BCUT2D eigenvalue weighted by Crippen LogP contribution is -2.31. The Balaban J connectivity index is 1.62. The van der Waals surface area contributed by atoms with Crippen LogP contribution >= 0.6 is 0 Å². The van der Waals surface area contributed by atoms with Crippen molar-refractivity contribution in [2.24, 2.45) is 0 Å². The molecule has 6 heteroatoms. The van der Waals surface area contributed by atoms with Crippen LogP contribution in [-0.4, -0.2) is 26.7 Å². The largest absolute Gasteiger partial charge is 0.352 e. The van der Waals surface area contributed by atoms with E-state index in [0.29, 0.717) is 17.5 Å². The standard InChI is InChI=1S/C19H19N5O/c1-13-12-16(14-8-4-2-5-9-14)24-19(20-13)22-18(23-24)21-17(25)15-10-6-3-7-11-15/h2-11,13,16H,12H2,1H3,(H2,20,21,22,23,25). The number of anilines is 2. The summed E-state index contributed by atoms with van der Waals surface area (Å²) < 4.78 is 1.86. The zero-order chi connectivity index (χ0) is 17.2. The molecule has 0 aliphatic carbocycles. The number of nitrogens with zero attached hydrogens (tertiary/aromatic N) is 3. The Morgan fingerprint density at radius 1 is 1.12 bits per heavy atom. The van der Waals surface area contributed by atoms with E-state index in [2.05, 4.69) is 39.8 Å². The van der Waals surface area contributed by atoms with Gasteiger partial charge < -0.3 is 5.32 Å². The highest BCUT2D eigenvalue weighted by atomic mass is 16.1. The first-order valence-corrected chi connectivity index (χ1v) is 8.35. The first-order chi connectivity index (χ1) is 12.2. The number of aromatic nitrogens is 3. The summed E-state index contributed by atoms with van der Waals surface area (Å²) in [6, 6.07) is 19.7. The fourth-order valence-corrected chi connectivity index (χ4v) is 3.12. The number of hydrogen-bond acceptors (Lipinski definition) is 4. The topological polar surface area (TPSA) is 71.8 Å². The second kappa shape index (κ2) is 6.39. The molecular weight excluding hydrogens is 314 g/mol. The predicted octanol–water partition coefficient (Wildman–Crippen LogP) is 3.32. The minimum absolute atomic E-state index is 0.0994. The van der Waals surface area contributed by atoms with Gasteiger partial charge in [0.15, 0.2) is 0 Å². The molecule has 4 rings (SSSR count). The summed E-state index contributed by atoms with van der Waals surface area (Å²) in [4.78, 5) is 16.8. The van der Waals surface area contributed by atoms with Crippen LogP contribution in [0.25, 0.3) is 0 Å². The minimum atomic E-state index is -0.215. The highest BCUT2D eigenvalue weighted by molar-refractivity contribution is 6.03. The Morgan fingerprint density at radius 3 is 2.52 bits per heavy atom. The van der Waals surface area contributed by atoms with Gasteiger partial charge in [-0.05, 0) is 31.0 Å². The molecule has 0 spiro atoms. The molecule has 2 heterocycles. The summed E-state index contributed by atoms with van der Waals surface area (Å²) in [6.07, 6.45) is 0.909. The van der Waals surface area contributed by atoms with Gasteiger partial charge in [-0.3, -0.25) is 10.1 Å². The molecule has 0 saturated heterocycles. The lowest BCUT2D eigenvalue weighted by Gasteiger charge is -2.29. The molecule has 0 bridgehead atoms. The summed E-state index contributed by atoms with van der Waals surface area (Å²) >= 11 is 0. The van der Waals surface area contributed by atoms with Gasteiger partial charge in [-0.25, -0.2) is 4.68 Å². The lowest BCUT2D eigenvalue weighted by atomic mass is 9.99. The maximum atomic E-state index is 12.3. The van der Waals surface area contributed by atoms with E-state index in [9.17, 15) is 4.79 Å². The molecule has 2 N–H and O–H groups in total. The number of carbonyl (C=O) groups is 1. The van der Waals surface area contributed by atoms with Crippen molar-refractivity contribution < 1.29 is 4.79 Å². The van der Waals surface area contributed by atoms with Gasteiger partial charge in [-0.15, -0.1) is 5.10 Å². The van der Waals surface area contributed by atoms with Crippen LogP contribution in [0.5, 0.6) is 0 Å². The maximum Gasteiger partial charge on any atom is 0.258 e. The smallest absolute Gasteiger partial charge is 0.258 e. The number of hydrogen-bond donors (Lipinski definition) is 2. The molecule has 0 fully saturated rings. The number of rotatable bonds is 3. The fraction of sp³-hybridized carbons (Fsp3) is 0.211. The van der Waals surface area contributed by atoms with Gasteiger partial charge in [-0.2, -0.15) is 4.98 Å². The molecule has 1 aliphatic rings. The molecule has 1 aliphatic heterocycles. The van der Waals surface area contributed by atoms with Crippen molar-refractivity contribution in [1.82, 2.24) is 14.8 Å². The zero-order valence-corrected chi connectivity index (χ0v) is 13.9. The quantitative estimate of drug-likeness (QED) is 0.771. The van der Waals surface area contributed by atoms with Crippen molar-refractivity contribution >= 4 is 17.8 Å². The van der Waals surface area contributed by atoms with Gasteiger partial charge in [0.2, 0.25) is 5.95 Å². The number of carbonyl (C=O) groups excluding carboxylic acids is 1. The normalized spacial score (nSPS) is 18.9. The SMILES string of the molecule is CC1CC(c2ccccc2)n2nc(NC(=O)c3ccccc3)nc2N1. The van der Waals surface area contributed by atoms with Crippen LogP contribution in [-0.2, 0) is 0 Å². The summed E-state index contributed by atoms with van der Waals surface area (Å²) in [5, 5.41) is 10.6. The molecular formula is C19H19N5O. The van der Waals surface area contributed by atoms with Crippen molar-refractivity contribution in [2.45, 2.75) is 25.4 Å². The van der Waals surface area contributed by atoms with Gasteiger partial charge in [0.05, 0.1) is 6.04 Å². The lowest BCUT2D eigenvalue weighted by molar-refractivity contribution is 0.102. The Hall–Kier alpha value is -3.15. The molecule has 6 nitrogen and oxygen atoms in total. The van der Waals surface area contributed by atoms with Crippen LogP contribution in [0, 0.1) is 0 Å². The van der Waals surface area contributed by atoms with Crippen molar-refractivity contribution in [2.75, 3.05) is 10.6 Å². The monoisotopic (exact) mass is 333 g/mol. The van der Waals surface area contributed by atoms with Gasteiger partial charge in [0, 0.05) is 11.6 Å². The molecule has 0 saturated carbocycles. The van der Waals surface area contributed by atoms with Gasteiger partial charge >= 0.3 is 0 Å². The van der Waals surface area contributed by atoms with E-state index in [1.54, 1.807) is 12.1 Å². The molecule has 1 amide bonds. The molecule has 3 aromatic rings. The third kappa shape index (κ3) is 3.10. The van der Waals surface area contributed by atoms with E-state index in [4.69, 9.17) is 0 Å². The van der Waals surface area contributed by atoms with E-state index in [1.807, 2.05) is 41.1 Å². The van der Waals surface area contributed by atoms with Gasteiger partial charge in [0.25, 0.3) is 11.9 Å². The average Bonchev–Trinajstić information content (AvgIpc) is 3.04. The molecule has 2 atom stereocenters. The Bertz CT molecular complexity index is 875. The van der Waals surface area contributed by atoms with E-state index < -0.39 is 0 Å². The molecule has 2 aromatic carbocycles. The van der Waals surface area contributed by atoms with E-state index >= 15 is 0 Å². The van der Waals surface area contributed by atoms with Crippen molar-refractivity contribution in [1.29, 1.82) is 0 Å². The zero-order valence-electron chi connectivity index (χ0n) is 13.9. The van der Waals surface area contributed by atoms with Crippen LogP contribution in [0.3, 0.4) is 0 Å². The maximum absolute atomic E-state index is 12.3. The van der Waals surface area contributed by atoms with Crippen LogP contribution in [0.4, 0.5) is 11.9 Å². The minimum Gasteiger partial charge on any atom is -0.352 e. The number of benzene rings is 2. The number of amides is 1. The van der Waals surface area contributed by atoms with E-state index in [1.165, 1.54) is 5.56 Å². The second-order valence-corrected chi connectivity index (χ2v) is 6.23. The first-order valence-electron chi connectivity index (χ1n) is 8.35. The molecule has 126 valence electrons. The Kier molecular flexibility index (Phi) is 3.93. The van der Waals surface area contributed by atoms with Crippen LogP contribution in [0.15, 0.2) is 60.7 Å². The third-order valence-corrected chi connectivity index (χ3v) is 4.32. The third-order valence-electron chi connectivity index (χ3n) is 4.32. The van der Waals surface area contributed by atoms with Crippen LogP contribution < -0.4 is 10.6 Å². The highest BCUT2D eigenvalue weighted by Crippen LogP contribution is 2.31. The molecule has 2 unspecified atom stereocenters. The van der Waals surface area contributed by atoms with Crippen molar-refractivity contribution in [3.8, 4) is 0 Å². The summed E-state index contributed by atoms with van der Waals surface area (Å²) in [6.45, 7) is 2.12. The second-order valence-electron chi connectivity index (χ2n) is 6.23. The van der Waals surface area contributed by atoms with E-state index in [0.717, 1.165) is 6.42 Å². The molecule has 25 heavy (non-hydrogen) atoms. The Morgan fingerprint density at radius 2 is 1.80 bits per heavy atom. The van der Waals surface area contributed by atoms with Crippen molar-refractivity contribution in [3.63, 3.8) is 0 Å². The molecule has 1 aromatic heterocycles. The highest BCUT2D eigenvalue weighted by Gasteiger charge is 2.28. The van der Waals surface area contributed by atoms with Crippen molar-refractivity contribution in [3.05, 3.63) is 71.8 Å². The van der Waals surface area contributed by atoms with Gasteiger partial charge in [-0.1, -0.05) is 48.5 Å². The molecule has 0 radical (unpaired) electrons. The predicted molar refractivity (Wildman–Crippen MR) is 96.7 cm³/mol. The van der Waals surface area contributed by atoms with Crippen LogP contribution in [0.2, 0.25) is 0 Å². The summed E-state index contributed by atoms with van der Waals surface area (Å²) in [7, 11) is 0.